The molecule has 0 fully saturated rings. The van der Waals surface area contributed by atoms with E-state index in [0.29, 0.717) is 11.1 Å². The lowest BCUT2D eigenvalue weighted by Crippen LogP contribution is -2.15. The van der Waals surface area contributed by atoms with Crippen LogP contribution < -0.4 is 23.7 Å². The third-order valence-electron chi connectivity index (χ3n) is 5.56. The minimum absolute atomic E-state index is 0.00979. The van der Waals surface area contributed by atoms with E-state index in [1.54, 1.807) is 6.92 Å². The van der Waals surface area contributed by atoms with Crippen LogP contribution in [0.4, 0.5) is 0 Å². The van der Waals surface area contributed by atoms with Crippen molar-refractivity contribution >= 4 is 35.4 Å². The zero-order valence-electron chi connectivity index (χ0n) is 24.9. The molecule has 10 nitrogen and oxygen atoms in total. The number of allylic oxidation sites excluding steroid dienone is 1. The lowest BCUT2D eigenvalue weighted by atomic mass is 10.0. The van der Waals surface area contributed by atoms with Gasteiger partial charge in [0.2, 0.25) is 0 Å². The van der Waals surface area contributed by atoms with Gasteiger partial charge in [0.05, 0.1) is 0 Å². The second kappa shape index (κ2) is 14.4. The molecule has 0 amide bonds. The predicted octanol–water partition coefficient (Wildman–Crippen LogP) is 6.01. The summed E-state index contributed by atoms with van der Waals surface area (Å²) in [5.74, 6) is -4.06. The van der Waals surface area contributed by atoms with Crippen molar-refractivity contribution in [2.24, 2.45) is 0 Å². The lowest BCUT2D eigenvalue weighted by molar-refractivity contribution is -0.132. The van der Waals surface area contributed by atoms with E-state index in [-0.39, 0.29) is 56.6 Å². The Labute approximate surface area is 249 Å². The Hall–Kier alpha value is -5.51. The van der Waals surface area contributed by atoms with Gasteiger partial charge in [-0.25, -0.2) is 24.0 Å². The van der Waals surface area contributed by atoms with Crippen molar-refractivity contribution in [1.82, 2.24) is 0 Å². The molecule has 0 bridgehead atoms. The van der Waals surface area contributed by atoms with Crippen molar-refractivity contribution in [2.45, 2.75) is 41.5 Å². The number of carbonyl (C=O) groups excluding carboxylic acids is 5. The number of esters is 5. The fourth-order valence-corrected chi connectivity index (χ4v) is 2.97. The molecule has 0 saturated carbocycles. The number of carbonyl (C=O) groups is 5. The van der Waals surface area contributed by atoms with Crippen molar-refractivity contribution in [3.05, 3.63) is 96.1 Å². The first-order valence-corrected chi connectivity index (χ1v) is 12.7. The molecule has 0 unspecified atom stereocenters. The monoisotopic (exact) mass is 588 g/mol. The van der Waals surface area contributed by atoms with Crippen LogP contribution in [0, 0.1) is 0 Å². The fraction of sp³-hybridized carbons (Fsp3) is 0.182. The van der Waals surface area contributed by atoms with Crippen LogP contribution in [-0.4, -0.2) is 29.8 Å². The summed E-state index contributed by atoms with van der Waals surface area (Å²) in [7, 11) is 0. The Balaban J connectivity index is 2.51. The fourth-order valence-electron chi connectivity index (χ4n) is 2.97. The van der Waals surface area contributed by atoms with Gasteiger partial charge in [-0.15, -0.1) is 0 Å². The molecule has 0 heterocycles. The van der Waals surface area contributed by atoms with E-state index >= 15 is 0 Å². The smallest absolute Gasteiger partial charge is 0.339 e. The van der Waals surface area contributed by atoms with Crippen LogP contribution in [0.5, 0.6) is 28.7 Å². The van der Waals surface area contributed by atoms with E-state index in [2.05, 4.69) is 26.3 Å². The van der Waals surface area contributed by atoms with E-state index in [4.69, 9.17) is 23.7 Å². The van der Waals surface area contributed by atoms with Gasteiger partial charge in [0.15, 0.2) is 11.5 Å². The number of rotatable bonds is 11. The van der Waals surface area contributed by atoms with Gasteiger partial charge in [0, 0.05) is 45.6 Å². The van der Waals surface area contributed by atoms with Gasteiger partial charge < -0.3 is 23.7 Å². The highest BCUT2D eigenvalue weighted by atomic mass is 16.6. The Morgan fingerprint density at radius 1 is 0.465 bits per heavy atom. The quantitative estimate of drug-likeness (QED) is 0.175. The third kappa shape index (κ3) is 9.25. The summed E-state index contributed by atoms with van der Waals surface area (Å²) < 4.78 is 26.7. The molecule has 0 aliphatic heterocycles. The molecule has 0 radical (unpaired) electrons. The van der Waals surface area contributed by atoms with Crippen LogP contribution in [0.2, 0.25) is 0 Å². The van der Waals surface area contributed by atoms with Crippen LogP contribution in [0.15, 0.2) is 90.6 Å². The standard InChI is InChI=1S/C33H32O10/c1-17(2)29(34)39-23-11-13-25(27(15-23)42-31(36)19(5)6)21(9)22(10)33(38)41-26-14-12-24(40-30(35)18(3)4)16-28(26)43-32(37)20(7)8/h11-16H,1,3,5,7H2,2,4,6,8-10H3/b22-21+. The largest absolute Gasteiger partial charge is 0.423 e. The Morgan fingerprint density at radius 2 is 0.837 bits per heavy atom. The molecule has 2 rings (SSSR count). The van der Waals surface area contributed by atoms with Gasteiger partial charge in [0.1, 0.15) is 17.2 Å². The molecular weight excluding hydrogens is 556 g/mol. The molecule has 0 aliphatic rings. The predicted molar refractivity (Wildman–Crippen MR) is 159 cm³/mol. The number of benzene rings is 2. The molecule has 0 aliphatic carbocycles. The van der Waals surface area contributed by atoms with E-state index in [9.17, 15) is 24.0 Å². The molecule has 43 heavy (non-hydrogen) atoms. The van der Waals surface area contributed by atoms with Crippen LogP contribution in [0.25, 0.3) is 5.57 Å². The summed E-state index contributed by atoms with van der Waals surface area (Å²) in [5.41, 5.74) is 1.24. The van der Waals surface area contributed by atoms with Gasteiger partial charge in [-0.05, 0) is 71.4 Å². The van der Waals surface area contributed by atoms with Crippen molar-refractivity contribution in [3.8, 4) is 28.7 Å². The Kier molecular flexibility index (Phi) is 11.3. The van der Waals surface area contributed by atoms with E-state index in [1.165, 1.54) is 71.0 Å². The van der Waals surface area contributed by atoms with E-state index < -0.39 is 29.8 Å². The third-order valence-corrected chi connectivity index (χ3v) is 5.56. The molecule has 224 valence electrons. The molecule has 0 N–H and O–H groups in total. The topological polar surface area (TPSA) is 132 Å². The number of hydrogen-bond acceptors (Lipinski definition) is 10. The summed E-state index contributed by atoms with van der Waals surface area (Å²) in [5, 5.41) is 0. The molecule has 0 spiro atoms. The summed E-state index contributed by atoms with van der Waals surface area (Å²) >= 11 is 0. The number of ether oxygens (including phenoxy) is 5. The molecule has 10 heteroatoms. The normalized spacial score (nSPS) is 10.8. The van der Waals surface area contributed by atoms with Crippen molar-refractivity contribution in [3.63, 3.8) is 0 Å². The minimum atomic E-state index is -0.841. The zero-order valence-corrected chi connectivity index (χ0v) is 24.9. The van der Waals surface area contributed by atoms with Crippen LogP contribution >= 0.6 is 0 Å². The van der Waals surface area contributed by atoms with E-state index in [1.807, 2.05) is 0 Å². The highest BCUT2D eigenvalue weighted by Crippen LogP contribution is 2.35. The van der Waals surface area contributed by atoms with Gasteiger partial charge in [0.25, 0.3) is 0 Å². The summed E-state index contributed by atoms with van der Waals surface area (Å²) in [6.07, 6.45) is 0. The molecule has 0 aromatic heterocycles. The summed E-state index contributed by atoms with van der Waals surface area (Å²) in [4.78, 5) is 61.8. The Morgan fingerprint density at radius 3 is 1.30 bits per heavy atom. The molecular formula is C33H32O10. The highest BCUT2D eigenvalue weighted by Gasteiger charge is 2.21. The van der Waals surface area contributed by atoms with E-state index in [0.717, 1.165) is 0 Å². The van der Waals surface area contributed by atoms with Gasteiger partial charge in [-0.3, -0.25) is 0 Å². The molecule has 2 aromatic carbocycles. The summed E-state index contributed by atoms with van der Waals surface area (Å²) in [6.45, 7) is 23.0. The SMILES string of the molecule is C=C(C)C(=O)Oc1ccc(OC(=O)/C(C)=C(\C)c2ccc(OC(=O)C(=C)C)cc2OC(=O)C(=C)C)c(OC(=O)C(=C)C)c1. The first-order chi connectivity index (χ1) is 20.0. The van der Waals surface area contributed by atoms with Crippen molar-refractivity contribution in [2.75, 3.05) is 0 Å². The van der Waals surface area contributed by atoms with Gasteiger partial charge in [-0.1, -0.05) is 26.3 Å². The number of hydrogen-bond donors (Lipinski definition) is 0. The van der Waals surface area contributed by atoms with Gasteiger partial charge >= 0.3 is 29.8 Å². The second-order valence-electron chi connectivity index (χ2n) is 9.59. The van der Waals surface area contributed by atoms with Crippen LogP contribution in [0.1, 0.15) is 47.1 Å². The first kappa shape index (κ1) is 33.7. The maximum absolute atomic E-state index is 13.2. The Bertz CT molecular complexity index is 1600. The van der Waals surface area contributed by atoms with Crippen molar-refractivity contribution < 1.29 is 47.7 Å². The van der Waals surface area contributed by atoms with Crippen LogP contribution in [-0.2, 0) is 24.0 Å². The average Bonchev–Trinajstić information content (AvgIpc) is 2.93. The average molecular weight is 589 g/mol. The lowest BCUT2D eigenvalue weighted by Gasteiger charge is -2.16. The van der Waals surface area contributed by atoms with Crippen LogP contribution in [0.3, 0.4) is 0 Å². The molecule has 0 saturated heterocycles. The van der Waals surface area contributed by atoms with Gasteiger partial charge in [-0.2, -0.15) is 0 Å². The first-order valence-electron chi connectivity index (χ1n) is 12.7. The summed E-state index contributed by atoms with van der Waals surface area (Å²) in [6, 6.07) is 8.10. The molecule has 2 aromatic rings. The van der Waals surface area contributed by atoms with Crippen molar-refractivity contribution in [1.29, 1.82) is 0 Å². The zero-order chi connectivity index (χ0) is 32.6. The second-order valence-corrected chi connectivity index (χ2v) is 9.59. The minimum Gasteiger partial charge on any atom is -0.423 e. The highest BCUT2D eigenvalue weighted by molar-refractivity contribution is 5.99. The maximum Gasteiger partial charge on any atom is 0.339 e. The molecule has 0 atom stereocenters. The maximum atomic E-state index is 13.2.